The van der Waals surface area contributed by atoms with E-state index in [1.165, 1.54) is 23.5 Å². The predicted molar refractivity (Wildman–Crippen MR) is 120 cm³/mol. The van der Waals surface area contributed by atoms with Gasteiger partial charge in [0.1, 0.15) is 11.5 Å². The predicted octanol–water partition coefficient (Wildman–Crippen LogP) is 5.54. The summed E-state index contributed by atoms with van der Waals surface area (Å²) in [5.41, 5.74) is 2.79. The molecule has 4 rings (SSSR count). The van der Waals surface area contributed by atoms with Gasteiger partial charge in [-0.3, -0.25) is 4.79 Å². The Kier molecular flexibility index (Phi) is 6.46. The van der Waals surface area contributed by atoms with Crippen LogP contribution in [-0.4, -0.2) is 29.0 Å². The van der Waals surface area contributed by atoms with Crippen LogP contribution in [0.3, 0.4) is 0 Å². The molecule has 1 saturated heterocycles. The van der Waals surface area contributed by atoms with Crippen LogP contribution in [0.15, 0.2) is 59.1 Å². The zero-order valence-electron chi connectivity index (χ0n) is 16.1. The first-order valence-electron chi connectivity index (χ1n) is 9.46. The summed E-state index contributed by atoms with van der Waals surface area (Å²) >= 11 is 3.98. The van der Waals surface area contributed by atoms with E-state index in [0.717, 1.165) is 11.3 Å². The molecule has 1 aliphatic heterocycles. The van der Waals surface area contributed by atoms with Crippen LogP contribution in [0.1, 0.15) is 22.3 Å². The molecule has 0 spiro atoms. The summed E-state index contributed by atoms with van der Waals surface area (Å²) in [5, 5.41) is 2.85. The SMILES string of the molecule is Cc1cnc(-c2cccc(NC(=O)COc3ccc(C4SCCCS4)cc3)c2)o1. The van der Waals surface area contributed by atoms with Gasteiger partial charge in [-0.15, -0.1) is 23.5 Å². The first-order valence-corrected chi connectivity index (χ1v) is 11.6. The van der Waals surface area contributed by atoms with Crippen LogP contribution in [-0.2, 0) is 4.79 Å². The number of carbonyl (C=O) groups is 1. The van der Waals surface area contributed by atoms with Crippen molar-refractivity contribution in [2.45, 2.75) is 17.9 Å². The smallest absolute Gasteiger partial charge is 0.262 e. The Hall–Kier alpha value is -2.38. The Morgan fingerprint density at radius 3 is 2.72 bits per heavy atom. The minimum Gasteiger partial charge on any atom is -0.484 e. The normalized spacial score (nSPS) is 14.5. The Labute approximate surface area is 178 Å². The fraction of sp³-hybridized carbons (Fsp3) is 0.273. The van der Waals surface area contributed by atoms with Gasteiger partial charge in [0, 0.05) is 11.3 Å². The van der Waals surface area contributed by atoms with Crippen molar-refractivity contribution < 1.29 is 13.9 Å². The Balaban J connectivity index is 1.31. The standard InChI is InChI=1S/C22H22N2O3S2/c1-15-13-23-21(27-15)17-4-2-5-18(12-17)24-20(25)14-26-19-8-6-16(7-9-19)22-28-10-3-11-29-22/h2,4-9,12-13,22H,3,10-11,14H2,1H3,(H,24,25). The summed E-state index contributed by atoms with van der Waals surface area (Å²) in [7, 11) is 0. The maximum absolute atomic E-state index is 12.3. The molecule has 0 atom stereocenters. The average Bonchev–Trinajstić information content (AvgIpc) is 3.20. The minimum absolute atomic E-state index is 0.0470. The molecule has 29 heavy (non-hydrogen) atoms. The Morgan fingerprint density at radius 2 is 2.00 bits per heavy atom. The van der Waals surface area contributed by atoms with Gasteiger partial charge >= 0.3 is 0 Å². The molecule has 5 nitrogen and oxygen atoms in total. The number of nitrogens with zero attached hydrogens (tertiary/aromatic N) is 1. The molecule has 1 aromatic heterocycles. The van der Waals surface area contributed by atoms with Gasteiger partial charge < -0.3 is 14.5 Å². The maximum atomic E-state index is 12.3. The van der Waals surface area contributed by atoms with Crippen LogP contribution in [0, 0.1) is 6.92 Å². The van der Waals surface area contributed by atoms with Crippen LogP contribution >= 0.6 is 23.5 Å². The van der Waals surface area contributed by atoms with Crippen LogP contribution in [0.4, 0.5) is 5.69 Å². The van der Waals surface area contributed by atoms with Gasteiger partial charge in [0.2, 0.25) is 5.89 Å². The highest BCUT2D eigenvalue weighted by Crippen LogP contribution is 2.43. The van der Waals surface area contributed by atoms with E-state index in [4.69, 9.17) is 9.15 Å². The monoisotopic (exact) mass is 426 g/mol. The van der Waals surface area contributed by atoms with Gasteiger partial charge in [0.05, 0.1) is 10.8 Å². The van der Waals surface area contributed by atoms with Gasteiger partial charge in [0.25, 0.3) is 5.91 Å². The molecule has 3 aromatic rings. The molecular weight excluding hydrogens is 404 g/mol. The number of rotatable bonds is 6. The van der Waals surface area contributed by atoms with Crippen molar-refractivity contribution in [3.8, 4) is 17.2 Å². The van der Waals surface area contributed by atoms with Crippen molar-refractivity contribution in [2.75, 3.05) is 23.4 Å². The van der Waals surface area contributed by atoms with Gasteiger partial charge in [-0.1, -0.05) is 18.2 Å². The van der Waals surface area contributed by atoms with Crippen LogP contribution in [0.2, 0.25) is 0 Å². The largest absolute Gasteiger partial charge is 0.484 e. The van der Waals surface area contributed by atoms with E-state index in [-0.39, 0.29) is 12.5 Å². The summed E-state index contributed by atoms with van der Waals surface area (Å²) in [6.45, 7) is 1.80. The number of thioether (sulfide) groups is 2. The van der Waals surface area contributed by atoms with Crippen LogP contribution in [0.5, 0.6) is 5.75 Å². The quantitative estimate of drug-likeness (QED) is 0.559. The molecule has 0 saturated carbocycles. The van der Waals surface area contributed by atoms with Crippen molar-refractivity contribution in [3.63, 3.8) is 0 Å². The molecule has 0 bridgehead atoms. The number of nitrogens with one attached hydrogen (secondary N) is 1. The van der Waals surface area contributed by atoms with Crippen molar-refractivity contribution in [2.24, 2.45) is 0 Å². The van der Waals surface area contributed by atoms with E-state index in [1.807, 2.05) is 66.8 Å². The maximum Gasteiger partial charge on any atom is 0.262 e. The lowest BCUT2D eigenvalue weighted by atomic mass is 10.2. The van der Waals surface area contributed by atoms with Crippen molar-refractivity contribution >= 4 is 35.1 Å². The summed E-state index contributed by atoms with van der Waals surface area (Å²) in [6, 6.07) is 15.4. The molecule has 0 unspecified atom stereocenters. The Bertz CT molecular complexity index is 966. The summed E-state index contributed by atoms with van der Waals surface area (Å²) in [5.74, 6) is 4.19. The van der Waals surface area contributed by atoms with Gasteiger partial charge in [-0.2, -0.15) is 0 Å². The lowest BCUT2D eigenvalue weighted by Crippen LogP contribution is -2.20. The van der Waals surface area contributed by atoms with E-state index in [1.54, 1.807) is 6.20 Å². The first-order chi connectivity index (χ1) is 14.2. The fourth-order valence-corrected chi connectivity index (χ4v) is 5.86. The second kappa shape index (κ2) is 9.41. The average molecular weight is 427 g/mol. The second-order valence-corrected chi connectivity index (χ2v) is 9.41. The third-order valence-electron chi connectivity index (χ3n) is 4.36. The lowest BCUT2D eigenvalue weighted by Gasteiger charge is -2.21. The number of carbonyl (C=O) groups excluding carboxylic acids is 1. The molecule has 1 N–H and O–H groups in total. The molecule has 0 aliphatic carbocycles. The zero-order valence-corrected chi connectivity index (χ0v) is 17.7. The third kappa shape index (κ3) is 5.36. The van der Waals surface area contributed by atoms with Crippen LogP contribution in [0.25, 0.3) is 11.5 Å². The second-order valence-electron chi connectivity index (χ2n) is 6.69. The third-order valence-corrected chi connectivity index (χ3v) is 7.38. The molecule has 150 valence electrons. The number of oxazole rings is 1. The van der Waals surface area contributed by atoms with Crippen molar-refractivity contribution in [3.05, 3.63) is 66.1 Å². The van der Waals surface area contributed by atoms with E-state index in [2.05, 4.69) is 22.4 Å². The van der Waals surface area contributed by atoms with Crippen molar-refractivity contribution in [1.29, 1.82) is 0 Å². The van der Waals surface area contributed by atoms with Crippen LogP contribution < -0.4 is 10.1 Å². The number of ether oxygens (including phenoxy) is 1. The van der Waals surface area contributed by atoms with E-state index in [0.29, 0.717) is 21.9 Å². The summed E-state index contributed by atoms with van der Waals surface area (Å²) in [6.07, 6.45) is 2.95. The Morgan fingerprint density at radius 1 is 1.21 bits per heavy atom. The molecule has 0 radical (unpaired) electrons. The first kappa shape index (κ1) is 19.9. The zero-order chi connectivity index (χ0) is 20.1. The molecule has 2 heterocycles. The molecule has 1 aliphatic rings. The highest BCUT2D eigenvalue weighted by atomic mass is 32.2. The summed E-state index contributed by atoms with van der Waals surface area (Å²) in [4.78, 5) is 16.5. The number of amides is 1. The van der Waals surface area contributed by atoms with Gasteiger partial charge in [0.15, 0.2) is 6.61 Å². The summed E-state index contributed by atoms with van der Waals surface area (Å²) < 4.78 is 11.7. The number of aryl methyl sites for hydroxylation is 1. The number of aromatic nitrogens is 1. The molecular formula is C22H22N2O3S2. The van der Waals surface area contributed by atoms with E-state index >= 15 is 0 Å². The lowest BCUT2D eigenvalue weighted by molar-refractivity contribution is -0.118. The van der Waals surface area contributed by atoms with Gasteiger partial charge in [-0.25, -0.2) is 4.98 Å². The number of hydrogen-bond donors (Lipinski definition) is 1. The molecule has 2 aromatic carbocycles. The number of benzene rings is 2. The highest BCUT2D eigenvalue weighted by molar-refractivity contribution is 8.16. The highest BCUT2D eigenvalue weighted by Gasteiger charge is 2.16. The van der Waals surface area contributed by atoms with Gasteiger partial charge in [-0.05, 0) is 60.7 Å². The van der Waals surface area contributed by atoms with E-state index < -0.39 is 0 Å². The molecule has 7 heteroatoms. The minimum atomic E-state index is -0.215. The topological polar surface area (TPSA) is 64.4 Å². The number of anilines is 1. The van der Waals surface area contributed by atoms with E-state index in [9.17, 15) is 4.79 Å². The fourth-order valence-electron chi connectivity index (χ4n) is 2.97. The van der Waals surface area contributed by atoms with Crippen molar-refractivity contribution in [1.82, 2.24) is 4.98 Å². The molecule has 1 amide bonds. The number of hydrogen-bond acceptors (Lipinski definition) is 6. The molecule has 1 fully saturated rings.